The minimum absolute atomic E-state index is 0.0185. The van der Waals surface area contributed by atoms with E-state index in [1.807, 2.05) is 73.0 Å². The summed E-state index contributed by atoms with van der Waals surface area (Å²) in [6, 6.07) is 16.3. The second-order valence-corrected chi connectivity index (χ2v) is 9.93. The van der Waals surface area contributed by atoms with Gasteiger partial charge in [-0.05, 0) is 43.4 Å². The third-order valence-corrected chi connectivity index (χ3v) is 7.46. The number of thiophene rings is 1. The van der Waals surface area contributed by atoms with Gasteiger partial charge in [0.15, 0.2) is 0 Å². The molecule has 1 aliphatic rings. The molecule has 2 aromatic heterocycles. The van der Waals surface area contributed by atoms with Crippen LogP contribution in [0.4, 0.5) is 0 Å². The van der Waals surface area contributed by atoms with Crippen LogP contribution in [0.1, 0.15) is 51.8 Å². The summed E-state index contributed by atoms with van der Waals surface area (Å²) in [5.74, 6) is 0.199. The molecule has 2 aromatic carbocycles. The fraction of sp³-hybridized carbons (Fsp3) is 0.308. The average molecular weight is 446 g/mol. The van der Waals surface area contributed by atoms with Crippen molar-refractivity contribution in [1.82, 2.24) is 14.8 Å². The normalized spacial score (nSPS) is 16.4. The van der Waals surface area contributed by atoms with Crippen molar-refractivity contribution in [3.8, 4) is 0 Å². The summed E-state index contributed by atoms with van der Waals surface area (Å²) < 4.78 is 3.13. The van der Waals surface area contributed by atoms with Gasteiger partial charge in [-0.3, -0.25) is 9.59 Å². The van der Waals surface area contributed by atoms with Gasteiger partial charge in [0.1, 0.15) is 0 Å². The molecule has 0 spiro atoms. The number of benzene rings is 2. The molecule has 1 aliphatic heterocycles. The number of amides is 2. The highest BCUT2D eigenvalue weighted by atomic mass is 32.1. The number of carbonyl (C=O) groups is 2. The second-order valence-electron chi connectivity index (χ2n) is 8.88. The standard InChI is InChI=1S/C26H27N3O2S/c1-16(2)27-25(30)24-23(19-9-5-7-11-22(19)32-24)17-12-13-29(14-17)26(31)20-15-28(3)21-10-6-4-8-18(20)21/h4-11,15-17H,12-14H2,1-3H3,(H,27,30)/t17-/m1/s1. The molecule has 0 aliphatic carbocycles. The number of aryl methyl sites for hydroxylation is 1. The lowest BCUT2D eigenvalue weighted by Crippen LogP contribution is -2.31. The number of aromatic nitrogens is 1. The van der Waals surface area contributed by atoms with Crippen LogP contribution >= 0.6 is 11.3 Å². The Kier molecular flexibility index (Phi) is 5.25. The molecule has 0 radical (unpaired) electrons. The van der Waals surface area contributed by atoms with Crippen molar-refractivity contribution in [1.29, 1.82) is 0 Å². The molecule has 32 heavy (non-hydrogen) atoms. The van der Waals surface area contributed by atoms with E-state index in [1.54, 1.807) is 11.3 Å². The summed E-state index contributed by atoms with van der Waals surface area (Å²) in [6.07, 6.45) is 2.79. The van der Waals surface area contributed by atoms with Crippen LogP contribution in [-0.2, 0) is 7.05 Å². The van der Waals surface area contributed by atoms with E-state index < -0.39 is 0 Å². The van der Waals surface area contributed by atoms with Crippen molar-refractivity contribution < 1.29 is 9.59 Å². The van der Waals surface area contributed by atoms with Crippen molar-refractivity contribution >= 4 is 44.1 Å². The molecule has 0 unspecified atom stereocenters. The molecule has 2 amide bonds. The zero-order valence-electron chi connectivity index (χ0n) is 18.6. The van der Waals surface area contributed by atoms with Crippen molar-refractivity contribution in [3.63, 3.8) is 0 Å². The first-order valence-electron chi connectivity index (χ1n) is 11.1. The van der Waals surface area contributed by atoms with E-state index in [1.165, 1.54) is 0 Å². The third kappa shape index (κ3) is 3.48. The molecule has 5 rings (SSSR count). The Morgan fingerprint density at radius 1 is 1.06 bits per heavy atom. The highest BCUT2D eigenvalue weighted by molar-refractivity contribution is 7.21. The maximum absolute atomic E-state index is 13.5. The first kappa shape index (κ1) is 20.8. The lowest BCUT2D eigenvalue weighted by Gasteiger charge is -2.17. The summed E-state index contributed by atoms with van der Waals surface area (Å²) in [5, 5.41) is 5.18. The molecule has 1 N–H and O–H groups in total. The number of rotatable bonds is 4. The number of para-hydroxylation sites is 1. The van der Waals surface area contributed by atoms with Crippen molar-refractivity contribution in [2.24, 2.45) is 7.05 Å². The van der Waals surface area contributed by atoms with Gasteiger partial charge in [-0.25, -0.2) is 0 Å². The van der Waals surface area contributed by atoms with Crippen LogP contribution in [0.15, 0.2) is 54.7 Å². The highest BCUT2D eigenvalue weighted by Gasteiger charge is 2.33. The van der Waals surface area contributed by atoms with Gasteiger partial charge in [0.05, 0.1) is 10.4 Å². The number of hydrogen-bond donors (Lipinski definition) is 1. The Hall–Kier alpha value is -3.12. The number of hydrogen-bond acceptors (Lipinski definition) is 3. The Bertz CT molecular complexity index is 1330. The van der Waals surface area contributed by atoms with Crippen LogP contribution in [0.25, 0.3) is 21.0 Å². The molecular formula is C26H27N3O2S. The fourth-order valence-corrected chi connectivity index (χ4v) is 6.02. The van der Waals surface area contributed by atoms with E-state index >= 15 is 0 Å². The van der Waals surface area contributed by atoms with Crippen molar-refractivity contribution in [2.45, 2.75) is 32.2 Å². The summed E-state index contributed by atoms with van der Waals surface area (Å²) in [6.45, 7) is 5.28. The molecule has 1 atom stereocenters. The largest absolute Gasteiger partial charge is 0.350 e. The lowest BCUT2D eigenvalue weighted by atomic mass is 9.95. The van der Waals surface area contributed by atoms with Crippen LogP contribution in [-0.4, -0.2) is 40.4 Å². The van der Waals surface area contributed by atoms with Gasteiger partial charge in [-0.1, -0.05) is 36.4 Å². The summed E-state index contributed by atoms with van der Waals surface area (Å²) in [7, 11) is 1.98. The highest BCUT2D eigenvalue weighted by Crippen LogP contribution is 2.40. The van der Waals surface area contributed by atoms with Crippen LogP contribution < -0.4 is 5.32 Å². The van der Waals surface area contributed by atoms with E-state index in [-0.39, 0.29) is 23.8 Å². The smallest absolute Gasteiger partial charge is 0.261 e. The summed E-state index contributed by atoms with van der Waals surface area (Å²) in [4.78, 5) is 29.2. The fourth-order valence-electron chi connectivity index (χ4n) is 4.83. The second kappa shape index (κ2) is 8.10. The Balaban J connectivity index is 1.48. The third-order valence-electron chi connectivity index (χ3n) is 6.27. The Morgan fingerprint density at radius 2 is 1.78 bits per heavy atom. The predicted molar refractivity (Wildman–Crippen MR) is 131 cm³/mol. The topological polar surface area (TPSA) is 54.3 Å². The van der Waals surface area contributed by atoms with Crippen molar-refractivity contribution in [2.75, 3.05) is 13.1 Å². The van der Waals surface area contributed by atoms with Gasteiger partial charge in [-0.2, -0.15) is 0 Å². The number of carbonyl (C=O) groups excluding carboxylic acids is 2. The number of fused-ring (bicyclic) bond motifs is 2. The van der Waals surface area contributed by atoms with Crippen LogP contribution in [0.3, 0.4) is 0 Å². The van der Waals surface area contributed by atoms with E-state index in [0.29, 0.717) is 13.1 Å². The molecule has 164 valence electrons. The summed E-state index contributed by atoms with van der Waals surface area (Å²) in [5.41, 5.74) is 2.90. The minimum Gasteiger partial charge on any atom is -0.350 e. The van der Waals surface area contributed by atoms with Gasteiger partial charge in [0.2, 0.25) is 0 Å². The molecule has 0 bridgehead atoms. The monoisotopic (exact) mass is 445 g/mol. The van der Waals surface area contributed by atoms with Crippen molar-refractivity contribution in [3.05, 3.63) is 70.7 Å². The minimum atomic E-state index is -0.0185. The SMILES string of the molecule is CC(C)NC(=O)c1sc2ccccc2c1[C@@H]1CCN(C(=O)c2cn(C)c3ccccc23)C1. The van der Waals surface area contributed by atoms with Gasteiger partial charge in [-0.15, -0.1) is 11.3 Å². The molecule has 6 heteroatoms. The first-order valence-corrected chi connectivity index (χ1v) is 11.9. The van der Waals surface area contributed by atoms with Gasteiger partial charge in [0, 0.05) is 53.9 Å². The van der Waals surface area contributed by atoms with E-state index in [2.05, 4.69) is 17.4 Å². The van der Waals surface area contributed by atoms with E-state index in [0.717, 1.165) is 43.4 Å². The van der Waals surface area contributed by atoms with Crippen LogP contribution in [0.5, 0.6) is 0 Å². The number of likely N-dealkylation sites (tertiary alicyclic amines) is 1. The zero-order chi connectivity index (χ0) is 22.4. The molecule has 0 saturated carbocycles. The molecule has 1 fully saturated rings. The maximum Gasteiger partial charge on any atom is 0.261 e. The van der Waals surface area contributed by atoms with Gasteiger partial charge < -0.3 is 14.8 Å². The van der Waals surface area contributed by atoms with Gasteiger partial charge >= 0.3 is 0 Å². The lowest BCUT2D eigenvalue weighted by molar-refractivity contribution is 0.0792. The zero-order valence-corrected chi connectivity index (χ0v) is 19.4. The maximum atomic E-state index is 13.5. The van der Waals surface area contributed by atoms with Crippen LogP contribution in [0.2, 0.25) is 0 Å². The summed E-state index contributed by atoms with van der Waals surface area (Å²) >= 11 is 1.55. The predicted octanol–water partition coefficient (Wildman–Crippen LogP) is 5.16. The number of nitrogens with zero attached hydrogens (tertiary/aromatic N) is 2. The molecular weight excluding hydrogens is 418 g/mol. The van der Waals surface area contributed by atoms with E-state index in [9.17, 15) is 9.59 Å². The molecule has 3 heterocycles. The Labute approximate surface area is 191 Å². The number of nitrogens with one attached hydrogen (secondary N) is 1. The first-order chi connectivity index (χ1) is 15.4. The van der Waals surface area contributed by atoms with Gasteiger partial charge in [0.25, 0.3) is 11.8 Å². The molecule has 5 nitrogen and oxygen atoms in total. The van der Waals surface area contributed by atoms with Crippen LogP contribution in [0, 0.1) is 0 Å². The quantitative estimate of drug-likeness (QED) is 0.472. The Morgan fingerprint density at radius 3 is 2.56 bits per heavy atom. The average Bonchev–Trinajstić information content (AvgIpc) is 3.48. The molecule has 1 saturated heterocycles. The van der Waals surface area contributed by atoms with E-state index in [4.69, 9.17) is 0 Å². The molecule has 4 aromatic rings.